The number of thiocarbonyl (C=S) groups is 1. The summed E-state index contributed by atoms with van der Waals surface area (Å²) in [7, 11) is 0. The summed E-state index contributed by atoms with van der Waals surface area (Å²) in [5, 5.41) is 11.0. The minimum absolute atomic E-state index is 0.141. The lowest BCUT2D eigenvalue weighted by Gasteiger charge is -2.13. The van der Waals surface area contributed by atoms with Gasteiger partial charge in [-0.3, -0.25) is 14.9 Å². The summed E-state index contributed by atoms with van der Waals surface area (Å²) in [6.45, 7) is 0. The number of nitrogens with zero attached hydrogens (tertiary/aromatic N) is 2. The van der Waals surface area contributed by atoms with Gasteiger partial charge in [-0.25, -0.2) is 10.9 Å². The van der Waals surface area contributed by atoms with Crippen LogP contribution in [0.4, 0.5) is 5.69 Å². The van der Waals surface area contributed by atoms with Gasteiger partial charge in [-0.05, 0) is 12.2 Å². The largest absolute Gasteiger partial charge is 0.375 e. The summed E-state index contributed by atoms with van der Waals surface area (Å²) in [6.07, 6.45) is -0.231. The second kappa shape index (κ2) is 5.32. The minimum atomic E-state index is -0.605. The number of hydrogen-bond donors (Lipinski definition) is 2. The van der Waals surface area contributed by atoms with Gasteiger partial charge < -0.3 is 5.73 Å². The van der Waals surface area contributed by atoms with E-state index in [2.05, 4.69) is 12.2 Å². The van der Waals surface area contributed by atoms with E-state index in [0.717, 1.165) is 0 Å². The van der Waals surface area contributed by atoms with Crippen LogP contribution in [0.1, 0.15) is 5.56 Å². The maximum Gasteiger partial charge on any atom is 0.273 e. The van der Waals surface area contributed by atoms with Gasteiger partial charge in [0.05, 0.1) is 11.3 Å². The van der Waals surface area contributed by atoms with E-state index in [-0.39, 0.29) is 22.8 Å². The molecule has 0 saturated carbocycles. The van der Waals surface area contributed by atoms with Crippen LogP contribution in [0.25, 0.3) is 0 Å². The van der Waals surface area contributed by atoms with Crippen molar-refractivity contribution in [3.8, 4) is 0 Å². The summed E-state index contributed by atoms with van der Waals surface area (Å²) < 4.78 is 0. The van der Waals surface area contributed by atoms with E-state index < -0.39 is 10.8 Å². The molecular formula is C9H10N4O3S. The van der Waals surface area contributed by atoms with E-state index >= 15 is 0 Å². The molecule has 1 amide bonds. The number of hydrazine groups is 1. The molecule has 0 aliphatic rings. The summed E-state index contributed by atoms with van der Waals surface area (Å²) in [5.74, 6) is 4.68. The molecule has 4 N–H and O–H groups in total. The van der Waals surface area contributed by atoms with Gasteiger partial charge in [0.15, 0.2) is 5.11 Å². The Balaban J connectivity index is 2.92. The zero-order valence-electron chi connectivity index (χ0n) is 8.70. The van der Waals surface area contributed by atoms with Crippen LogP contribution in [0.2, 0.25) is 0 Å². The van der Waals surface area contributed by atoms with E-state index in [9.17, 15) is 14.9 Å². The number of carbonyl (C=O) groups excluding carboxylic acids is 1. The predicted molar refractivity (Wildman–Crippen MR) is 64.6 cm³/mol. The third-order valence-corrected chi connectivity index (χ3v) is 2.23. The number of carbonyl (C=O) groups is 1. The van der Waals surface area contributed by atoms with Crippen LogP contribution < -0.4 is 11.6 Å². The molecule has 0 aliphatic carbocycles. The second-order valence-corrected chi connectivity index (χ2v) is 3.58. The molecule has 17 heavy (non-hydrogen) atoms. The SMILES string of the molecule is NC(=S)N(N)C(=O)Cc1ccccc1[N+](=O)[O-]. The molecule has 8 heteroatoms. The van der Waals surface area contributed by atoms with E-state index in [1.54, 1.807) is 6.07 Å². The molecule has 7 nitrogen and oxygen atoms in total. The Labute approximate surface area is 102 Å². The maximum atomic E-state index is 11.5. The molecule has 0 radical (unpaired) electrons. The Morgan fingerprint density at radius 1 is 1.47 bits per heavy atom. The fraction of sp³-hybridized carbons (Fsp3) is 0.111. The van der Waals surface area contributed by atoms with Crippen molar-refractivity contribution in [2.75, 3.05) is 0 Å². The Morgan fingerprint density at radius 3 is 2.59 bits per heavy atom. The van der Waals surface area contributed by atoms with Crippen LogP contribution in [0, 0.1) is 10.1 Å². The normalized spacial score (nSPS) is 9.71. The molecule has 0 atom stereocenters. The van der Waals surface area contributed by atoms with Crippen LogP contribution in [0.3, 0.4) is 0 Å². The summed E-state index contributed by atoms with van der Waals surface area (Å²) in [4.78, 5) is 21.7. The highest BCUT2D eigenvalue weighted by atomic mass is 32.1. The lowest BCUT2D eigenvalue weighted by Crippen LogP contribution is -2.46. The third kappa shape index (κ3) is 3.20. The van der Waals surface area contributed by atoms with Crippen LogP contribution >= 0.6 is 12.2 Å². The number of hydrogen-bond acceptors (Lipinski definition) is 5. The van der Waals surface area contributed by atoms with Gasteiger partial charge in [0.2, 0.25) is 5.91 Å². The van der Waals surface area contributed by atoms with Crippen molar-refractivity contribution in [2.45, 2.75) is 6.42 Å². The lowest BCUT2D eigenvalue weighted by molar-refractivity contribution is -0.385. The van der Waals surface area contributed by atoms with Gasteiger partial charge in [0.1, 0.15) is 0 Å². The number of para-hydroxylation sites is 1. The van der Waals surface area contributed by atoms with Crippen LogP contribution in [-0.4, -0.2) is 21.0 Å². The highest BCUT2D eigenvalue weighted by Gasteiger charge is 2.19. The fourth-order valence-electron chi connectivity index (χ4n) is 1.21. The quantitative estimate of drug-likeness (QED) is 0.259. The zero-order valence-corrected chi connectivity index (χ0v) is 9.52. The fourth-order valence-corrected chi connectivity index (χ4v) is 1.31. The Bertz CT molecular complexity index is 477. The standard InChI is InChI=1S/C9H10N4O3S/c10-9(17)12(11)8(14)5-6-3-1-2-4-7(6)13(15)16/h1-4H,5,11H2,(H2,10,17). The molecule has 90 valence electrons. The first-order valence-corrected chi connectivity index (χ1v) is 4.93. The molecule has 0 bridgehead atoms. The third-order valence-electron chi connectivity index (χ3n) is 2.04. The monoisotopic (exact) mass is 254 g/mol. The Hall–Kier alpha value is -2.06. The van der Waals surface area contributed by atoms with Crippen LogP contribution in [-0.2, 0) is 11.2 Å². The van der Waals surface area contributed by atoms with Crippen molar-refractivity contribution in [1.29, 1.82) is 0 Å². The first-order valence-electron chi connectivity index (χ1n) is 4.53. The van der Waals surface area contributed by atoms with E-state index in [0.29, 0.717) is 5.01 Å². The van der Waals surface area contributed by atoms with E-state index in [1.807, 2.05) is 0 Å². The molecule has 0 aliphatic heterocycles. The maximum absolute atomic E-state index is 11.5. The van der Waals surface area contributed by atoms with E-state index in [4.69, 9.17) is 11.6 Å². The summed E-state index contributed by atoms with van der Waals surface area (Å²) in [5.41, 5.74) is 5.28. The average molecular weight is 254 g/mol. The van der Waals surface area contributed by atoms with Crippen molar-refractivity contribution >= 4 is 28.9 Å². The van der Waals surface area contributed by atoms with Gasteiger partial charge in [-0.2, -0.15) is 0 Å². The van der Waals surface area contributed by atoms with Gasteiger partial charge >= 0.3 is 0 Å². The topological polar surface area (TPSA) is 115 Å². The van der Waals surface area contributed by atoms with Crippen LogP contribution in [0.5, 0.6) is 0 Å². The second-order valence-electron chi connectivity index (χ2n) is 3.16. The highest BCUT2D eigenvalue weighted by molar-refractivity contribution is 7.80. The highest BCUT2D eigenvalue weighted by Crippen LogP contribution is 2.18. The number of nitro groups is 1. The number of rotatable bonds is 3. The van der Waals surface area contributed by atoms with Crippen molar-refractivity contribution in [3.63, 3.8) is 0 Å². The Morgan fingerprint density at radius 2 is 2.06 bits per heavy atom. The average Bonchev–Trinajstić information content (AvgIpc) is 2.28. The first kappa shape index (κ1) is 13.0. The molecule has 0 saturated heterocycles. The molecule has 0 spiro atoms. The molecule has 0 heterocycles. The smallest absolute Gasteiger partial charge is 0.273 e. The van der Waals surface area contributed by atoms with Crippen molar-refractivity contribution in [3.05, 3.63) is 39.9 Å². The van der Waals surface area contributed by atoms with Crippen molar-refractivity contribution < 1.29 is 9.72 Å². The van der Waals surface area contributed by atoms with Gasteiger partial charge in [0, 0.05) is 11.6 Å². The molecule has 1 aromatic rings. The van der Waals surface area contributed by atoms with Gasteiger partial charge in [-0.1, -0.05) is 18.2 Å². The summed E-state index contributed by atoms with van der Waals surface area (Å²) in [6, 6.07) is 5.89. The van der Waals surface area contributed by atoms with Gasteiger partial charge in [0.25, 0.3) is 5.69 Å². The summed E-state index contributed by atoms with van der Waals surface area (Å²) >= 11 is 4.52. The minimum Gasteiger partial charge on any atom is -0.375 e. The van der Waals surface area contributed by atoms with Gasteiger partial charge in [-0.15, -0.1) is 0 Å². The van der Waals surface area contributed by atoms with Crippen LogP contribution in [0.15, 0.2) is 24.3 Å². The number of amides is 1. The number of nitro benzene ring substituents is 1. The molecule has 1 aromatic carbocycles. The van der Waals surface area contributed by atoms with Crippen molar-refractivity contribution in [1.82, 2.24) is 5.01 Å². The first-order chi connectivity index (χ1) is 7.93. The predicted octanol–water partition coefficient (Wildman–Crippen LogP) is 0.0832. The number of nitrogens with two attached hydrogens (primary N) is 2. The Kier molecular flexibility index (Phi) is 4.07. The molecule has 1 rings (SSSR count). The molecule has 0 aromatic heterocycles. The molecule has 0 unspecified atom stereocenters. The number of benzene rings is 1. The lowest BCUT2D eigenvalue weighted by atomic mass is 10.1. The van der Waals surface area contributed by atoms with E-state index in [1.165, 1.54) is 18.2 Å². The molecular weight excluding hydrogens is 244 g/mol. The molecule has 0 fully saturated rings. The van der Waals surface area contributed by atoms with Crippen molar-refractivity contribution in [2.24, 2.45) is 11.6 Å². The zero-order chi connectivity index (χ0) is 13.0.